The van der Waals surface area contributed by atoms with Crippen LogP contribution >= 0.6 is 0 Å². The number of carbonyl (C=O) groups excluding carboxylic acids is 3. The zero-order valence-electron chi connectivity index (χ0n) is 22.7. The number of Topliss-reactive ketones (excluding diaryl/α,β-unsaturated/α-hetero) is 1. The van der Waals surface area contributed by atoms with Gasteiger partial charge in [-0.2, -0.15) is 0 Å². The molecule has 3 rings (SSSR count). The molecule has 10 heteroatoms. The van der Waals surface area contributed by atoms with E-state index < -0.39 is 53.8 Å². The quantitative estimate of drug-likeness (QED) is 0.336. The van der Waals surface area contributed by atoms with E-state index in [2.05, 4.69) is 0 Å². The fraction of sp³-hybridized carbons (Fsp3) is 0.741. The highest BCUT2D eigenvalue weighted by Gasteiger charge is 2.52. The molecule has 1 amide bonds. The Kier molecular flexibility index (Phi) is 11.9. The smallest absolute Gasteiger partial charge is 0.329 e. The molecule has 7 unspecified atom stereocenters. The van der Waals surface area contributed by atoms with Crippen molar-refractivity contribution in [3.63, 3.8) is 0 Å². The second-order valence-corrected chi connectivity index (χ2v) is 9.72. The molecule has 0 aromatic heterocycles. The zero-order valence-corrected chi connectivity index (χ0v) is 22.7. The number of hydrogen-bond acceptors (Lipinski definition) is 9. The maximum absolute atomic E-state index is 13.1. The minimum absolute atomic E-state index is 0.207. The second-order valence-electron chi connectivity index (χ2n) is 9.72. The number of ether oxygens (including phenoxy) is 3. The largest absolute Gasteiger partial charge is 0.457 e. The van der Waals surface area contributed by atoms with E-state index in [1.165, 1.54) is 12.0 Å². The van der Waals surface area contributed by atoms with E-state index in [0.29, 0.717) is 44.9 Å². The Morgan fingerprint density at radius 3 is 2.59 bits per heavy atom. The van der Waals surface area contributed by atoms with Gasteiger partial charge < -0.3 is 35.1 Å². The summed E-state index contributed by atoms with van der Waals surface area (Å²) in [5.41, 5.74) is 6.73. The summed E-state index contributed by atoms with van der Waals surface area (Å²) in [6.45, 7) is 7.55. The van der Waals surface area contributed by atoms with Crippen LogP contribution < -0.4 is 5.73 Å². The molecule has 1 aliphatic carbocycles. The summed E-state index contributed by atoms with van der Waals surface area (Å²) in [5.74, 6) is -5.58. The number of piperidine rings is 1. The average molecular weight is 525 g/mol. The average Bonchev–Trinajstić information content (AvgIpc) is 2.90. The third-order valence-corrected chi connectivity index (χ3v) is 7.08. The van der Waals surface area contributed by atoms with Crippen LogP contribution in [0.4, 0.5) is 0 Å². The Labute approximate surface area is 219 Å². The van der Waals surface area contributed by atoms with Crippen LogP contribution in [0.15, 0.2) is 23.8 Å². The number of aliphatic hydroxyl groups excluding tert-OH is 1. The molecule has 4 N–H and O–H groups in total. The van der Waals surface area contributed by atoms with E-state index in [4.69, 9.17) is 19.9 Å². The number of nitrogens with zero attached hydrogens (tertiary/aromatic N) is 1. The van der Waals surface area contributed by atoms with Crippen LogP contribution in [0.25, 0.3) is 0 Å². The van der Waals surface area contributed by atoms with Gasteiger partial charge in [0.05, 0.1) is 6.10 Å². The van der Waals surface area contributed by atoms with Crippen LogP contribution in [0.5, 0.6) is 0 Å². The highest BCUT2D eigenvalue weighted by molar-refractivity contribution is 6.39. The van der Waals surface area contributed by atoms with Gasteiger partial charge >= 0.3 is 5.97 Å². The van der Waals surface area contributed by atoms with Gasteiger partial charge in [0.2, 0.25) is 5.79 Å². The van der Waals surface area contributed by atoms with Crippen LogP contribution in [0, 0.1) is 5.92 Å². The molecule has 210 valence electrons. The number of hydrogen-bond donors (Lipinski definition) is 3. The van der Waals surface area contributed by atoms with Crippen molar-refractivity contribution >= 4 is 17.7 Å². The highest BCUT2D eigenvalue weighted by atomic mass is 16.6. The van der Waals surface area contributed by atoms with E-state index in [1.54, 1.807) is 19.9 Å². The van der Waals surface area contributed by atoms with Crippen LogP contribution in [-0.2, 0) is 28.6 Å². The first-order valence-corrected chi connectivity index (χ1v) is 13.4. The molecule has 0 radical (unpaired) electrons. The molecule has 0 aromatic carbocycles. The van der Waals surface area contributed by atoms with Gasteiger partial charge in [0.25, 0.3) is 11.7 Å². The molecule has 0 aromatic rings. The molecule has 10 nitrogen and oxygen atoms in total. The van der Waals surface area contributed by atoms with Gasteiger partial charge in [0.1, 0.15) is 24.5 Å². The molecule has 0 bridgehead atoms. The van der Waals surface area contributed by atoms with Gasteiger partial charge in [0, 0.05) is 19.6 Å². The van der Waals surface area contributed by atoms with Gasteiger partial charge in [-0.25, -0.2) is 4.79 Å². The van der Waals surface area contributed by atoms with E-state index >= 15 is 0 Å². The molecule has 0 spiro atoms. The molecule has 3 aliphatic rings. The van der Waals surface area contributed by atoms with Crippen LogP contribution in [0.3, 0.4) is 0 Å². The summed E-state index contributed by atoms with van der Waals surface area (Å²) in [5, 5.41) is 20.8. The van der Waals surface area contributed by atoms with Gasteiger partial charge in [-0.15, -0.1) is 0 Å². The lowest BCUT2D eigenvalue weighted by Crippen LogP contribution is -2.61. The van der Waals surface area contributed by atoms with E-state index in [9.17, 15) is 24.6 Å². The Hall–Kier alpha value is -2.11. The Morgan fingerprint density at radius 1 is 1.22 bits per heavy atom. The van der Waals surface area contributed by atoms with Crippen molar-refractivity contribution in [2.75, 3.05) is 13.7 Å². The number of allylic oxidation sites excluding steroid dienone is 2. The maximum Gasteiger partial charge on any atom is 0.329 e. The lowest BCUT2D eigenvalue weighted by Gasteiger charge is -2.41. The van der Waals surface area contributed by atoms with Gasteiger partial charge in [0.15, 0.2) is 0 Å². The van der Waals surface area contributed by atoms with Gasteiger partial charge in [-0.3, -0.25) is 9.59 Å². The molecule has 7 atom stereocenters. The summed E-state index contributed by atoms with van der Waals surface area (Å²) in [6, 6.07) is -0.922. The van der Waals surface area contributed by atoms with E-state index in [1.807, 2.05) is 26.0 Å². The SMILES string of the molecule is CC.COC1C=C(/C=C/C(C)OC(=O)C2CCCCN2C(=O)C(=O)C2(O)OC(N)CCC2C)CCC1O. The Morgan fingerprint density at radius 2 is 1.92 bits per heavy atom. The van der Waals surface area contributed by atoms with Crippen molar-refractivity contribution < 1.29 is 38.8 Å². The number of esters is 1. The van der Waals surface area contributed by atoms with Crippen molar-refractivity contribution in [3.8, 4) is 0 Å². The van der Waals surface area contributed by atoms with Crippen molar-refractivity contribution in [2.45, 2.75) is 109 Å². The number of amides is 1. The topological polar surface area (TPSA) is 149 Å². The number of ketones is 1. The lowest BCUT2D eigenvalue weighted by atomic mass is 9.88. The number of likely N-dealkylation sites (tertiary alicyclic amines) is 1. The molecule has 2 saturated heterocycles. The number of aliphatic hydroxyl groups is 2. The Bertz CT molecular complexity index is 859. The van der Waals surface area contributed by atoms with Gasteiger partial charge in [-0.1, -0.05) is 32.9 Å². The fourth-order valence-corrected chi connectivity index (χ4v) is 4.80. The predicted octanol–water partition coefficient (Wildman–Crippen LogP) is 1.97. The number of nitrogens with two attached hydrogens (primary N) is 1. The zero-order chi connectivity index (χ0) is 27.8. The van der Waals surface area contributed by atoms with Gasteiger partial charge in [-0.05, 0) is 63.5 Å². The number of methoxy groups -OCH3 is 1. The standard InChI is InChI=1S/C25H38N2O8.C2H6/c1-15-7-12-21(26)35-25(15,32)22(29)23(30)27-13-5-4-6-18(27)24(31)34-16(2)8-9-17-10-11-19(28)20(14-17)33-3;1-2/h8-9,14-16,18-21,28,32H,4-7,10-13,26H2,1-3H3;1-2H3/b9-8+;. The monoisotopic (exact) mass is 524 g/mol. The second kappa shape index (κ2) is 14.2. The minimum atomic E-state index is -2.31. The Balaban J connectivity index is 0.00000235. The van der Waals surface area contributed by atoms with Crippen molar-refractivity contribution in [1.29, 1.82) is 0 Å². The number of rotatable bonds is 7. The summed E-state index contributed by atoms with van der Waals surface area (Å²) in [4.78, 5) is 40.3. The maximum atomic E-state index is 13.1. The van der Waals surface area contributed by atoms with Crippen molar-refractivity contribution in [3.05, 3.63) is 23.8 Å². The lowest BCUT2D eigenvalue weighted by molar-refractivity contribution is -0.261. The molecular formula is C27H44N2O8. The molecule has 37 heavy (non-hydrogen) atoms. The summed E-state index contributed by atoms with van der Waals surface area (Å²) in [6.07, 6.45) is 6.95. The minimum Gasteiger partial charge on any atom is -0.457 e. The molecular weight excluding hydrogens is 480 g/mol. The molecule has 2 heterocycles. The van der Waals surface area contributed by atoms with E-state index in [0.717, 1.165) is 5.57 Å². The van der Waals surface area contributed by atoms with Crippen molar-refractivity contribution in [2.24, 2.45) is 11.7 Å². The van der Waals surface area contributed by atoms with Crippen LogP contribution in [0.2, 0.25) is 0 Å². The fourth-order valence-electron chi connectivity index (χ4n) is 4.80. The third kappa shape index (κ3) is 7.70. The van der Waals surface area contributed by atoms with E-state index in [-0.39, 0.29) is 12.6 Å². The van der Waals surface area contributed by atoms with Crippen molar-refractivity contribution in [1.82, 2.24) is 4.90 Å². The van der Waals surface area contributed by atoms with Crippen LogP contribution in [0.1, 0.15) is 72.6 Å². The highest BCUT2D eigenvalue weighted by Crippen LogP contribution is 2.33. The predicted molar refractivity (Wildman–Crippen MR) is 137 cm³/mol. The van der Waals surface area contributed by atoms with Crippen LogP contribution in [-0.4, -0.2) is 82.8 Å². The third-order valence-electron chi connectivity index (χ3n) is 7.08. The first kappa shape index (κ1) is 31.1. The molecule has 2 fully saturated rings. The summed E-state index contributed by atoms with van der Waals surface area (Å²) < 4.78 is 16.1. The molecule has 0 saturated carbocycles. The molecule has 2 aliphatic heterocycles. The number of carbonyl (C=O) groups is 3. The first-order valence-electron chi connectivity index (χ1n) is 13.4. The summed E-state index contributed by atoms with van der Waals surface area (Å²) in [7, 11) is 1.54. The first-order chi connectivity index (χ1) is 17.6. The normalized spacial score (nSPS) is 33.1. The summed E-state index contributed by atoms with van der Waals surface area (Å²) >= 11 is 0.